The van der Waals surface area contributed by atoms with Crippen molar-refractivity contribution in [2.75, 3.05) is 0 Å². The van der Waals surface area contributed by atoms with Gasteiger partial charge in [-0.05, 0) is 6.07 Å². The molecule has 0 aliphatic carbocycles. The van der Waals surface area contributed by atoms with E-state index in [1.54, 1.807) is 0 Å². The number of benzene rings is 1. The lowest BCUT2D eigenvalue weighted by molar-refractivity contribution is -0.394. The maximum Gasteiger partial charge on any atom is 0.294 e. The summed E-state index contributed by atoms with van der Waals surface area (Å²) in [5, 5.41) is 20.3. The molecule has 0 amide bonds. The first-order valence-corrected chi connectivity index (χ1v) is 3.97. The molecule has 0 bridgehead atoms. The Morgan fingerprint density at radius 3 is 1.57 bits per heavy atom. The zero-order valence-electron chi connectivity index (χ0n) is 6.44. The number of hydrogen-bond donors (Lipinski definition) is 0. The lowest BCUT2D eigenvalue weighted by atomic mass is 11.2. The maximum absolute atomic E-state index is 10.4. The van der Waals surface area contributed by atoms with Crippen molar-refractivity contribution in [1.82, 2.24) is 0 Å². The molecule has 0 spiro atoms. The fourth-order valence-electron chi connectivity index (χ4n) is 0.806. The minimum absolute atomic E-state index is 0.231. The van der Waals surface area contributed by atoms with Crippen LogP contribution in [-0.2, 0) is 0 Å². The van der Waals surface area contributed by atoms with Crippen molar-refractivity contribution in [1.29, 1.82) is 0 Å². The molecule has 0 saturated heterocycles. The van der Waals surface area contributed by atoms with E-state index < -0.39 is 21.2 Å². The van der Waals surface area contributed by atoms with E-state index in [-0.39, 0.29) is 10.0 Å². The molecule has 1 rings (SSSR count). The van der Waals surface area contributed by atoms with Crippen LogP contribution < -0.4 is 0 Å². The lowest BCUT2D eigenvalue weighted by Gasteiger charge is -1.97. The molecule has 0 aliphatic rings. The predicted molar refractivity (Wildman–Crippen MR) is 49.8 cm³/mol. The Morgan fingerprint density at radius 1 is 0.929 bits per heavy atom. The fourth-order valence-corrected chi connectivity index (χ4v) is 1.33. The van der Waals surface area contributed by atoms with Crippen LogP contribution >= 0.6 is 23.2 Å². The maximum atomic E-state index is 10.4. The fraction of sp³-hybridized carbons (Fsp3) is 0. The summed E-state index contributed by atoms with van der Waals surface area (Å²) in [6, 6.07) is 1.70. The Hall–Kier alpha value is -1.40. The van der Waals surface area contributed by atoms with Gasteiger partial charge in [-0.1, -0.05) is 23.2 Å². The molecule has 0 unspecified atom stereocenters. The van der Waals surface area contributed by atoms with E-state index in [4.69, 9.17) is 23.2 Å². The van der Waals surface area contributed by atoms with Gasteiger partial charge in [-0.2, -0.15) is 0 Å². The smallest absolute Gasteiger partial charge is 0.258 e. The van der Waals surface area contributed by atoms with Crippen LogP contribution in [0.3, 0.4) is 0 Å². The highest BCUT2D eigenvalue weighted by molar-refractivity contribution is 6.37. The average molecular weight is 243 g/mol. The summed E-state index contributed by atoms with van der Waals surface area (Å²) in [6.07, 6.45) is 0. The van der Waals surface area contributed by atoms with Gasteiger partial charge < -0.3 is 0 Å². The molecule has 0 heterocycles. The second-order valence-electron chi connectivity index (χ2n) is 2.27. The summed E-state index contributed by atoms with van der Waals surface area (Å²) in [6.45, 7) is 0. The molecule has 0 saturated carbocycles. The highest BCUT2D eigenvalue weighted by Crippen LogP contribution is 2.34. The van der Waals surface area contributed by atoms with Crippen molar-refractivity contribution in [2.45, 2.75) is 0 Å². The van der Waals surface area contributed by atoms with Gasteiger partial charge in [0, 0.05) is 0 Å². The first-order valence-electron chi connectivity index (χ1n) is 3.21. The summed E-state index contributed by atoms with van der Waals surface area (Å²) in [4.78, 5) is 19.1. The molecule has 8 heteroatoms. The minimum atomic E-state index is -0.814. The lowest BCUT2D eigenvalue weighted by Crippen LogP contribution is -1.94. The van der Waals surface area contributed by atoms with Crippen molar-refractivity contribution in [3.63, 3.8) is 0 Å². The first kappa shape index (κ1) is 10.7. The zero-order valence-corrected chi connectivity index (χ0v) is 7.95. The quantitative estimate of drug-likeness (QED) is 0.590. The van der Waals surface area contributed by atoms with Gasteiger partial charge >= 0.3 is 0 Å². The van der Waals surface area contributed by atoms with Crippen LogP contribution in [0.25, 0.3) is 0 Å². The van der Waals surface area contributed by atoms with Crippen molar-refractivity contribution in [3.8, 4) is 0 Å². The number of nitro benzene ring substituents is 2. The van der Waals surface area contributed by atoms with Gasteiger partial charge in [-0.3, -0.25) is 20.2 Å². The van der Waals surface area contributed by atoms with Crippen LogP contribution in [0.4, 0.5) is 11.4 Å². The van der Waals surface area contributed by atoms with Crippen LogP contribution in [0.2, 0.25) is 10.0 Å². The average Bonchev–Trinajstić information content (AvgIpc) is 2.02. The molecule has 0 N–H and O–H groups in total. The molecule has 0 aromatic heterocycles. The third kappa shape index (κ3) is 1.91. The highest BCUT2D eigenvalue weighted by Gasteiger charge is 2.22. The van der Waals surface area contributed by atoms with Crippen LogP contribution in [0.15, 0.2) is 12.1 Å². The summed E-state index contributed by atoms with van der Waals surface area (Å²) < 4.78 is 0. The minimum Gasteiger partial charge on any atom is -0.258 e. The number of nitrogens with zero attached hydrogens (tertiary/aromatic N) is 2. The number of hydrogen-bond acceptors (Lipinski definition) is 4. The van der Waals surface area contributed by atoms with Gasteiger partial charge in [-0.25, -0.2) is 0 Å². The SMILES string of the molecule is O=[N+]([O-])[13c]1[13cH][13c]([N+](=O)[O-])[13c](Cl)[13cH][13c]1Cl. The zero-order chi connectivity index (χ0) is 10.9. The predicted octanol–water partition coefficient (Wildman–Crippen LogP) is 2.81. The summed E-state index contributed by atoms with van der Waals surface area (Å²) in [5.74, 6) is 0. The third-order valence-electron chi connectivity index (χ3n) is 1.41. The summed E-state index contributed by atoms with van der Waals surface area (Å²) >= 11 is 10.9. The molecule has 0 radical (unpaired) electrons. The molecule has 14 heavy (non-hydrogen) atoms. The largest absolute Gasteiger partial charge is 0.294 e. The molecule has 1 aromatic rings. The Bertz CT molecular complexity index is 385. The van der Waals surface area contributed by atoms with E-state index >= 15 is 0 Å². The van der Waals surface area contributed by atoms with Gasteiger partial charge in [0.1, 0.15) is 10.0 Å². The Balaban J connectivity index is 3.42. The van der Waals surface area contributed by atoms with Crippen molar-refractivity contribution in [3.05, 3.63) is 42.4 Å². The molecule has 74 valence electrons. The van der Waals surface area contributed by atoms with E-state index in [0.29, 0.717) is 0 Å². The monoisotopic (exact) mass is 242 g/mol. The molecule has 0 fully saturated rings. The normalized spacial score (nSPS) is 9.86. The second kappa shape index (κ2) is 3.77. The van der Waals surface area contributed by atoms with Gasteiger partial charge in [0.2, 0.25) is 0 Å². The Kier molecular flexibility index (Phi) is 2.87. The van der Waals surface area contributed by atoms with Crippen LogP contribution in [0, 0.1) is 20.2 Å². The highest BCUT2D eigenvalue weighted by atomic mass is 35.5. The molecular formula is C6H2Cl2N2O4. The Morgan fingerprint density at radius 2 is 1.29 bits per heavy atom. The van der Waals surface area contributed by atoms with Crippen LogP contribution in [0.1, 0.15) is 0 Å². The Labute approximate surface area is 87.3 Å². The van der Waals surface area contributed by atoms with Gasteiger partial charge in [0.05, 0.1) is 15.9 Å². The number of rotatable bonds is 2. The van der Waals surface area contributed by atoms with E-state index in [0.717, 1.165) is 12.1 Å². The topological polar surface area (TPSA) is 86.3 Å². The van der Waals surface area contributed by atoms with E-state index in [9.17, 15) is 20.2 Å². The van der Waals surface area contributed by atoms with Gasteiger partial charge in [0.15, 0.2) is 0 Å². The first-order chi connectivity index (χ1) is 6.43. The van der Waals surface area contributed by atoms with Crippen LogP contribution in [0.5, 0.6) is 0 Å². The molecule has 6 nitrogen and oxygen atoms in total. The van der Waals surface area contributed by atoms with Crippen LogP contribution in [-0.4, -0.2) is 9.85 Å². The van der Waals surface area contributed by atoms with Gasteiger partial charge in [-0.15, -0.1) is 0 Å². The number of nitro groups is 2. The standard InChI is InChI=1S/C6H2Cl2N2O4/c7-3-1-4(8)6(10(13)14)2-5(3)9(11)12/h1-2H/i1+1,2+1,3+1,4+1,5+1,6+1. The van der Waals surface area contributed by atoms with E-state index in [1.165, 1.54) is 0 Å². The molecule has 0 atom stereocenters. The van der Waals surface area contributed by atoms with E-state index in [2.05, 4.69) is 0 Å². The van der Waals surface area contributed by atoms with E-state index in [1.807, 2.05) is 0 Å². The third-order valence-corrected chi connectivity index (χ3v) is 2.02. The second-order valence-corrected chi connectivity index (χ2v) is 3.08. The summed E-state index contributed by atoms with van der Waals surface area (Å²) in [7, 11) is 0. The molecule has 0 aliphatic heterocycles. The van der Waals surface area contributed by atoms with Crippen molar-refractivity contribution < 1.29 is 9.85 Å². The molecule has 1 aromatic carbocycles. The van der Waals surface area contributed by atoms with Crippen molar-refractivity contribution in [2.24, 2.45) is 0 Å². The van der Waals surface area contributed by atoms with Gasteiger partial charge in [0.25, 0.3) is 11.4 Å². The molecular weight excluding hydrogens is 241 g/mol. The number of halogens is 2. The summed E-state index contributed by atoms with van der Waals surface area (Å²) in [5.41, 5.74) is -1.08. The van der Waals surface area contributed by atoms with Crippen molar-refractivity contribution >= 4 is 34.6 Å².